The third-order valence-corrected chi connectivity index (χ3v) is 7.13. The SMILES string of the molecule is Cc1ccc(-c2ccc3c(C(C=O)N4CCN(C5CCCC5)CC4)c[nH]c3c2)cc1. The summed E-state index contributed by atoms with van der Waals surface area (Å²) in [4.78, 5) is 20.6. The minimum Gasteiger partial charge on any atom is -0.361 e. The molecule has 3 aromatic rings. The number of carbonyl (C=O) groups excluding carboxylic acids is 1. The average Bonchev–Trinajstić information content (AvgIpc) is 3.46. The topological polar surface area (TPSA) is 39.3 Å². The van der Waals surface area contributed by atoms with Gasteiger partial charge >= 0.3 is 0 Å². The molecule has 5 rings (SSSR count). The second kappa shape index (κ2) is 8.37. The van der Waals surface area contributed by atoms with Gasteiger partial charge in [0.15, 0.2) is 0 Å². The number of nitrogens with zero attached hydrogens (tertiary/aromatic N) is 2. The van der Waals surface area contributed by atoms with E-state index >= 15 is 0 Å². The number of aromatic nitrogens is 1. The maximum absolute atomic E-state index is 12.1. The van der Waals surface area contributed by atoms with Gasteiger partial charge in [0, 0.05) is 54.9 Å². The van der Waals surface area contributed by atoms with Crippen molar-refractivity contribution in [3.63, 3.8) is 0 Å². The zero-order chi connectivity index (χ0) is 20.5. The molecule has 2 heterocycles. The molecule has 1 saturated heterocycles. The summed E-state index contributed by atoms with van der Waals surface area (Å²) >= 11 is 0. The van der Waals surface area contributed by atoms with Crippen LogP contribution >= 0.6 is 0 Å². The number of benzene rings is 2. The molecule has 1 aliphatic heterocycles. The fourth-order valence-electron chi connectivity index (χ4n) is 5.33. The van der Waals surface area contributed by atoms with Gasteiger partial charge in [0.05, 0.1) is 6.04 Å². The second-order valence-corrected chi connectivity index (χ2v) is 8.96. The number of carbonyl (C=O) groups is 1. The summed E-state index contributed by atoms with van der Waals surface area (Å²) in [5, 5.41) is 1.15. The minimum atomic E-state index is -0.172. The van der Waals surface area contributed by atoms with Crippen molar-refractivity contribution >= 4 is 17.2 Å². The number of aldehydes is 1. The van der Waals surface area contributed by atoms with E-state index in [2.05, 4.69) is 64.2 Å². The van der Waals surface area contributed by atoms with Crippen LogP contribution in [-0.2, 0) is 4.79 Å². The fraction of sp³-hybridized carbons (Fsp3) is 0.423. The molecule has 0 radical (unpaired) electrons. The molecule has 1 atom stereocenters. The van der Waals surface area contributed by atoms with Gasteiger partial charge in [0.1, 0.15) is 6.29 Å². The molecule has 2 aliphatic rings. The highest BCUT2D eigenvalue weighted by Crippen LogP contribution is 2.32. The number of fused-ring (bicyclic) bond motifs is 1. The summed E-state index contributed by atoms with van der Waals surface area (Å²) in [6.45, 7) is 6.20. The molecule has 0 bridgehead atoms. The smallest absolute Gasteiger partial charge is 0.141 e. The number of H-pyrrole nitrogens is 1. The first-order valence-electron chi connectivity index (χ1n) is 11.3. The highest BCUT2D eigenvalue weighted by atomic mass is 16.1. The van der Waals surface area contributed by atoms with Crippen molar-refractivity contribution < 1.29 is 4.79 Å². The molecule has 1 N–H and O–H groups in total. The van der Waals surface area contributed by atoms with E-state index in [-0.39, 0.29) is 6.04 Å². The molecular formula is C26H31N3O. The van der Waals surface area contributed by atoms with Gasteiger partial charge in [-0.05, 0) is 37.0 Å². The molecule has 1 aromatic heterocycles. The number of aryl methyl sites for hydroxylation is 1. The number of nitrogens with one attached hydrogen (secondary N) is 1. The normalized spacial score (nSPS) is 20.0. The molecule has 4 nitrogen and oxygen atoms in total. The van der Waals surface area contributed by atoms with E-state index in [4.69, 9.17) is 0 Å². The van der Waals surface area contributed by atoms with Crippen molar-refractivity contribution in [2.45, 2.75) is 44.7 Å². The predicted molar refractivity (Wildman–Crippen MR) is 123 cm³/mol. The van der Waals surface area contributed by atoms with Gasteiger partial charge in [-0.15, -0.1) is 0 Å². The third kappa shape index (κ3) is 3.70. The van der Waals surface area contributed by atoms with Crippen LogP contribution in [0.5, 0.6) is 0 Å². The highest BCUT2D eigenvalue weighted by molar-refractivity contribution is 5.90. The molecule has 0 amide bonds. The molecule has 2 aromatic carbocycles. The minimum absolute atomic E-state index is 0.172. The molecule has 1 saturated carbocycles. The number of aromatic amines is 1. The third-order valence-electron chi connectivity index (χ3n) is 7.13. The zero-order valence-electron chi connectivity index (χ0n) is 17.8. The average molecular weight is 402 g/mol. The van der Waals surface area contributed by atoms with Crippen LogP contribution in [0.25, 0.3) is 22.0 Å². The van der Waals surface area contributed by atoms with Crippen LogP contribution in [-0.4, -0.2) is 53.3 Å². The summed E-state index contributed by atoms with van der Waals surface area (Å²) in [5.41, 5.74) is 5.88. The van der Waals surface area contributed by atoms with Crippen LogP contribution in [0.2, 0.25) is 0 Å². The first-order valence-corrected chi connectivity index (χ1v) is 11.3. The molecule has 2 fully saturated rings. The summed E-state index contributed by atoms with van der Waals surface area (Å²) in [6.07, 6.45) is 8.61. The summed E-state index contributed by atoms with van der Waals surface area (Å²) in [6, 6.07) is 15.8. The van der Waals surface area contributed by atoms with Crippen molar-refractivity contribution in [2.24, 2.45) is 0 Å². The molecular weight excluding hydrogens is 370 g/mol. The largest absolute Gasteiger partial charge is 0.361 e. The van der Waals surface area contributed by atoms with Crippen molar-refractivity contribution in [3.8, 4) is 11.1 Å². The summed E-state index contributed by atoms with van der Waals surface area (Å²) in [7, 11) is 0. The first kappa shape index (κ1) is 19.5. The van der Waals surface area contributed by atoms with Gasteiger partial charge in [0.25, 0.3) is 0 Å². The second-order valence-electron chi connectivity index (χ2n) is 8.96. The molecule has 4 heteroatoms. The van der Waals surface area contributed by atoms with Crippen LogP contribution in [0, 0.1) is 6.92 Å². The van der Waals surface area contributed by atoms with E-state index in [1.165, 1.54) is 42.4 Å². The van der Waals surface area contributed by atoms with Gasteiger partial charge < -0.3 is 9.78 Å². The monoisotopic (exact) mass is 401 g/mol. The van der Waals surface area contributed by atoms with Crippen molar-refractivity contribution in [1.82, 2.24) is 14.8 Å². The lowest BCUT2D eigenvalue weighted by Crippen LogP contribution is -2.50. The van der Waals surface area contributed by atoms with Crippen molar-refractivity contribution in [3.05, 3.63) is 59.8 Å². The Kier molecular flexibility index (Phi) is 5.45. The van der Waals surface area contributed by atoms with E-state index in [1.807, 2.05) is 6.20 Å². The number of hydrogen-bond acceptors (Lipinski definition) is 3. The Morgan fingerprint density at radius 3 is 2.37 bits per heavy atom. The number of rotatable bonds is 5. The van der Waals surface area contributed by atoms with E-state index in [9.17, 15) is 4.79 Å². The molecule has 0 spiro atoms. The summed E-state index contributed by atoms with van der Waals surface area (Å²) in [5.74, 6) is 0. The van der Waals surface area contributed by atoms with Crippen molar-refractivity contribution in [2.75, 3.05) is 26.2 Å². The van der Waals surface area contributed by atoms with E-state index in [0.717, 1.165) is 55.0 Å². The Morgan fingerprint density at radius 1 is 0.967 bits per heavy atom. The lowest BCUT2D eigenvalue weighted by atomic mass is 10.00. The zero-order valence-corrected chi connectivity index (χ0v) is 17.8. The Morgan fingerprint density at radius 2 is 1.67 bits per heavy atom. The lowest BCUT2D eigenvalue weighted by Gasteiger charge is -2.40. The van der Waals surface area contributed by atoms with Crippen LogP contribution in [0.3, 0.4) is 0 Å². The standard InChI is InChI=1S/C26H31N3O/c1-19-6-8-20(9-7-19)21-10-11-23-24(17-27-25(23)16-21)26(18-30)29-14-12-28(13-15-29)22-4-2-3-5-22/h6-11,16-18,22,26-27H,2-5,12-15H2,1H3. The molecule has 156 valence electrons. The quantitative estimate of drug-likeness (QED) is 0.615. The van der Waals surface area contributed by atoms with E-state index < -0.39 is 0 Å². The van der Waals surface area contributed by atoms with Crippen LogP contribution in [0.1, 0.15) is 42.9 Å². The summed E-state index contributed by atoms with van der Waals surface area (Å²) < 4.78 is 0. The molecule has 1 unspecified atom stereocenters. The predicted octanol–water partition coefficient (Wildman–Crippen LogP) is 4.94. The van der Waals surface area contributed by atoms with Gasteiger partial charge in [-0.25, -0.2) is 0 Å². The number of piperazine rings is 1. The van der Waals surface area contributed by atoms with Gasteiger partial charge in [-0.1, -0.05) is 54.8 Å². The van der Waals surface area contributed by atoms with E-state index in [0.29, 0.717) is 0 Å². The Balaban J connectivity index is 1.35. The van der Waals surface area contributed by atoms with Crippen molar-refractivity contribution in [1.29, 1.82) is 0 Å². The van der Waals surface area contributed by atoms with Crippen LogP contribution in [0.15, 0.2) is 48.7 Å². The Hall–Kier alpha value is -2.43. The number of hydrogen-bond donors (Lipinski definition) is 1. The lowest BCUT2D eigenvalue weighted by molar-refractivity contribution is -0.113. The first-order chi connectivity index (χ1) is 14.7. The van der Waals surface area contributed by atoms with Gasteiger partial charge in [0.2, 0.25) is 0 Å². The van der Waals surface area contributed by atoms with E-state index in [1.54, 1.807) is 0 Å². The Labute approximate surface area is 178 Å². The van der Waals surface area contributed by atoms with Crippen LogP contribution in [0.4, 0.5) is 0 Å². The highest BCUT2D eigenvalue weighted by Gasteiger charge is 2.30. The molecule has 1 aliphatic carbocycles. The Bertz CT molecular complexity index is 1010. The van der Waals surface area contributed by atoms with Crippen LogP contribution < -0.4 is 0 Å². The molecule has 30 heavy (non-hydrogen) atoms. The maximum atomic E-state index is 12.1. The fourth-order valence-corrected chi connectivity index (χ4v) is 5.33. The van der Waals surface area contributed by atoms with Gasteiger partial charge in [-0.2, -0.15) is 0 Å². The van der Waals surface area contributed by atoms with Gasteiger partial charge in [-0.3, -0.25) is 9.80 Å². The maximum Gasteiger partial charge on any atom is 0.141 e.